The first-order valence-electron chi connectivity index (χ1n) is 8.95. The number of nitrogens with zero attached hydrogens (tertiary/aromatic N) is 1. The first-order valence-corrected chi connectivity index (χ1v) is 12.6. The zero-order valence-corrected chi connectivity index (χ0v) is 17.9. The average molecular weight is 457 g/mol. The van der Waals surface area contributed by atoms with Gasteiger partial charge in [-0.25, -0.2) is 16.8 Å². The highest BCUT2D eigenvalue weighted by Gasteiger charge is 2.31. The van der Waals surface area contributed by atoms with E-state index in [2.05, 4.69) is 5.32 Å². The fraction of sp³-hybridized carbons (Fsp3) is 0.316. The van der Waals surface area contributed by atoms with Crippen molar-refractivity contribution in [2.45, 2.75) is 23.9 Å². The van der Waals surface area contributed by atoms with Gasteiger partial charge in [-0.3, -0.25) is 4.79 Å². The van der Waals surface area contributed by atoms with Crippen molar-refractivity contribution in [2.24, 2.45) is 0 Å². The molecule has 156 valence electrons. The van der Waals surface area contributed by atoms with Gasteiger partial charge < -0.3 is 5.32 Å². The molecule has 1 fully saturated rings. The second kappa shape index (κ2) is 8.83. The van der Waals surface area contributed by atoms with Crippen molar-refractivity contribution in [3.05, 3.63) is 65.2 Å². The molecule has 1 saturated heterocycles. The maximum absolute atomic E-state index is 13.2. The number of hydrogen-bond acceptors (Lipinski definition) is 5. The van der Waals surface area contributed by atoms with Crippen LogP contribution in [0, 0.1) is 0 Å². The van der Waals surface area contributed by atoms with E-state index >= 15 is 0 Å². The molecule has 2 aromatic rings. The quantitative estimate of drug-likeness (QED) is 0.685. The van der Waals surface area contributed by atoms with Gasteiger partial charge in [0.25, 0.3) is 0 Å². The number of rotatable bonds is 7. The fourth-order valence-corrected chi connectivity index (χ4v) is 6.49. The zero-order valence-electron chi connectivity index (χ0n) is 15.5. The molecule has 1 amide bonds. The number of carbonyl (C=O) groups is 1. The largest absolute Gasteiger partial charge is 0.351 e. The Morgan fingerprint density at radius 1 is 1.14 bits per heavy atom. The van der Waals surface area contributed by atoms with Crippen LogP contribution in [0.4, 0.5) is 0 Å². The van der Waals surface area contributed by atoms with Gasteiger partial charge in [0, 0.05) is 17.6 Å². The van der Waals surface area contributed by atoms with Gasteiger partial charge in [0.05, 0.1) is 22.9 Å². The second-order valence-electron chi connectivity index (χ2n) is 6.88. The van der Waals surface area contributed by atoms with E-state index in [-0.39, 0.29) is 28.0 Å². The van der Waals surface area contributed by atoms with Crippen LogP contribution in [0.5, 0.6) is 0 Å². The third kappa shape index (κ3) is 5.79. The highest BCUT2D eigenvalue weighted by Crippen LogP contribution is 2.21. The second-order valence-corrected chi connectivity index (χ2v) is 11.5. The Morgan fingerprint density at radius 2 is 1.86 bits per heavy atom. The molecule has 1 N–H and O–H groups in total. The Labute approximate surface area is 175 Å². The lowest BCUT2D eigenvalue weighted by Crippen LogP contribution is -2.44. The summed E-state index contributed by atoms with van der Waals surface area (Å²) >= 11 is 5.94. The van der Waals surface area contributed by atoms with E-state index in [0.29, 0.717) is 12.0 Å². The predicted molar refractivity (Wildman–Crippen MR) is 111 cm³/mol. The lowest BCUT2D eigenvalue weighted by Gasteiger charge is -2.23. The predicted octanol–water partition coefficient (Wildman–Crippen LogP) is 1.83. The van der Waals surface area contributed by atoms with E-state index in [0.717, 1.165) is 4.31 Å². The van der Waals surface area contributed by atoms with Crippen LogP contribution < -0.4 is 5.32 Å². The van der Waals surface area contributed by atoms with Gasteiger partial charge in [-0.05, 0) is 30.2 Å². The van der Waals surface area contributed by atoms with E-state index in [1.807, 2.05) is 6.07 Å². The van der Waals surface area contributed by atoms with E-state index < -0.39 is 38.4 Å². The van der Waals surface area contributed by atoms with Crippen molar-refractivity contribution in [3.63, 3.8) is 0 Å². The normalized spacial score (nSPS) is 18.6. The van der Waals surface area contributed by atoms with Gasteiger partial charge in [-0.15, -0.1) is 0 Å². The van der Waals surface area contributed by atoms with Gasteiger partial charge in [-0.1, -0.05) is 48.0 Å². The van der Waals surface area contributed by atoms with E-state index in [1.54, 1.807) is 30.3 Å². The maximum Gasteiger partial charge on any atom is 0.243 e. The van der Waals surface area contributed by atoms with Gasteiger partial charge >= 0.3 is 0 Å². The van der Waals surface area contributed by atoms with Crippen molar-refractivity contribution in [1.82, 2.24) is 9.62 Å². The number of hydrogen-bond donors (Lipinski definition) is 1. The summed E-state index contributed by atoms with van der Waals surface area (Å²) in [5.74, 6) is -0.654. The highest BCUT2D eigenvalue weighted by molar-refractivity contribution is 7.91. The van der Waals surface area contributed by atoms with Crippen molar-refractivity contribution in [2.75, 3.05) is 18.1 Å². The number of sulfonamides is 1. The number of benzene rings is 2. The molecule has 1 atom stereocenters. The number of nitrogens with one attached hydrogen (secondary N) is 1. The summed E-state index contributed by atoms with van der Waals surface area (Å²) in [4.78, 5) is 12.5. The molecule has 0 aromatic heterocycles. The van der Waals surface area contributed by atoms with Gasteiger partial charge in [0.15, 0.2) is 9.84 Å². The molecule has 10 heteroatoms. The Bertz CT molecular complexity index is 1090. The van der Waals surface area contributed by atoms with Gasteiger partial charge in [-0.2, -0.15) is 4.31 Å². The number of sulfone groups is 1. The van der Waals surface area contributed by atoms with Crippen LogP contribution in [0.15, 0.2) is 59.5 Å². The number of amides is 1. The standard InChI is InChI=1S/C19H21ClN2O5S2/c20-16-7-4-8-18(11-16)29(26,27)22(12-15-5-2-1-3-6-15)13-19(23)21-17-9-10-28(24,25)14-17/h1-8,11,17H,9-10,12-14H2,(H,21,23). The van der Waals surface area contributed by atoms with Crippen LogP contribution >= 0.6 is 11.6 Å². The minimum Gasteiger partial charge on any atom is -0.351 e. The minimum atomic E-state index is -4.00. The molecule has 0 spiro atoms. The fourth-order valence-electron chi connectivity index (χ4n) is 3.13. The molecule has 1 unspecified atom stereocenters. The summed E-state index contributed by atoms with van der Waals surface area (Å²) in [6, 6.07) is 14.2. The van der Waals surface area contributed by atoms with Gasteiger partial charge in [0.2, 0.25) is 15.9 Å². The lowest BCUT2D eigenvalue weighted by molar-refractivity contribution is -0.121. The van der Waals surface area contributed by atoms with E-state index in [9.17, 15) is 21.6 Å². The summed E-state index contributed by atoms with van der Waals surface area (Å²) in [7, 11) is -7.16. The Morgan fingerprint density at radius 3 is 2.48 bits per heavy atom. The van der Waals surface area contributed by atoms with Crippen molar-refractivity contribution in [1.29, 1.82) is 0 Å². The van der Waals surface area contributed by atoms with Gasteiger partial charge in [0.1, 0.15) is 0 Å². The van der Waals surface area contributed by atoms with Crippen LogP contribution in [0.1, 0.15) is 12.0 Å². The molecule has 0 radical (unpaired) electrons. The molecule has 1 aliphatic heterocycles. The van der Waals surface area contributed by atoms with Crippen LogP contribution in [0.3, 0.4) is 0 Å². The minimum absolute atomic E-state index is 0.00787. The molecular weight excluding hydrogens is 436 g/mol. The summed E-state index contributed by atoms with van der Waals surface area (Å²) < 4.78 is 50.6. The molecule has 0 saturated carbocycles. The van der Waals surface area contributed by atoms with Crippen molar-refractivity contribution >= 4 is 37.4 Å². The summed E-state index contributed by atoms with van der Waals surface area (Å²) in [6.07, 6.45) is 0.327. The first kappa shape index (κ1) is 21.8. The summed E-state index contributed by atoms with van der Waals surface area (Å²) in [5, 5.41) is 2.91. The highest BCUT2D eigenvalue weighted by atomic mass is 35.5. The molecule has 0 bridgehead atoms. The Balaban J connectivity index is 1.82. The van der Waals surface area contributed by atoms with Crippen LogP contribution in [-0.4, -0.2) is 51.1 Å². The summed E-state index contributed by atoms with van der Waals surface area (Å²) in [5.41, 5.74) is 0.717. The number of halogens is 1. The molecule has 2 aromatic carbocycles. The molecule has 1 aliphatic rings. The topological polar surface area (TPSA) is 101 Å². The van der Waals surface area contributed by atoms with Crippen molar-refractivity contribution in [3.8, 4) is 0 Å². The van der Waals surface area contributed by atoms with Crippen LogP contribution in [0.25, 0.3) is 0 Å². The zero-order chi connectivity index (χ0) is 21.1. The molecule has 0 aliphatic carbocycles. The molecular formula is C19H21ClN2O5S2. The third-order valence-corrected chi connectivity index (χ3v) is 8.34. The van der Waals surface area contributed by atoms with E-state index in [1.165, 1.54) is 18.2 Å². The smallest absolute Gasteiger partial charge is 0.243 e. The first-order chi connectivity index (χ1) is 13.7. The Kier molecular flexibility index (Phi) is 6.62. The Hall–Kier alpha value is -1.94. The van der Waals surface area contributed by atoms with Crippen LogP contribution in [0.2, 0.25) is 5.02 Å². The SMILES string of the molecule is O=C(CN(Cc1ccccc1)S(=O)(=O)c1cccc(Cl)c1)NC1CCS(=O)(=O)C1. The van der Waals surface area contributed by atoms with Crippen molar-refractivity contribution < 1.29 is 21.6 Å². The lowest BCUT2D eigenvalue weighted by atomic mass is 10.2. The van der Waals surface area contributed by atoms with Crippen LogP contribution in [-0.2, 0) is 31.2 Å². The average Bonchev–Trinajstić information content (AvgIpc) is 3.00. The maximum atomic E-state index is 13.2. The number of carbonyl (C=O) groups excluding carboxylic acids is 1. The molecule has 3 rings (SSSR count). The third-order valence-electron chi connectivity index (χ3n) is 4.55. The molecule has 1 heterocycles. The summed E-state index contributed by atoms with van der Waals surface area (Å²) in [6.45, 7) is -0.438. The molecule has 7 nitrogen and oxygen atoms in total. The molecule has 29 heavy (non-hydrogen) atoms. The monoisotopic (exact) mass is 456 g/mol. The van der Waals surface area contributed by atoms with E-state index in [4.69, 9.17) is 11.6 Å².